The van der Waals surface area contributed by atoms with E-state index < -0.39 is 18.2 Å². The highest BCUT2D eigenvalue weighted by Crippen LogP contribution is 2.44. The molecule has 1 fully saturated rings. The van der Waals surface area contributed by atoms with Gasteiger partial charge in [-0.15, -0.1) is 0 Å². The van der Waals surface area contributed by atoms with Gasteiger partial charge in [0.25, 0.3) is 0 Å². The average molecular weight is 481 g/mol. The van der Waals surface area contributed by atoms with Crippen molar-refractivity contribution in [1.29, 1.82) is 0 Å². The van der Waals surface area contributed by atoms with Gasteiger partial charge in [-0.25, -0.2) is 9.59 Å². The number of carbonyl (C=O) groups is 3. The van der Waals surface area contributed by atoms with Gasteiger partial charge in [-0.05, 0) is 41.0 Å². The second-order valence-corrected chi connectivity index (χ2v) is 9.33. The summed E-state index contributed by atoms with van der Waals surface area (Å²) >= 11 is 0. The van der Waals surface area contributed by atoms with Crippen molar-refractivity contribution in [3.05, 3.63) is 59.7 Å². The molecular weight excluding hydrogens is 448 g/mol. The van der Waals surface area contributed by atoms with E-state index in [-0.39, 0.29) is 30.3 Å². The minimum Gasteiger partial charge on any atom is -0.479 e. The second kappa shape index (κ2) is 11.4. The summed E-state index contributed by atoms with van der Waals surface area (Å²) < 4.78 is 10.7. The Balaban J connectivity index is 1.16. The van der Waals surface area contributed by atoms with Crippen molar-refractivity contribution in [2.75, 3.05) is 26.3 Å². The molecule has 1 aliphatic heterocycles. The molecule has 186 valence electrons. The molecule has 3 N–H and O–H groups in total. The number of carboxylic acids is 1. The molecule has 3 atom stereocenters. The molecule has 0 saturated carbocycles. The number of aliphatic carboxylic acids is 1. The summed E-state index contributed by atoms with van der Waals surface area (Å²) in [4.78, 5) is 35.7. The van der Waals surface area contributed by atoms with E-state index >= 15 is 0 Å². The largest absolute Gasteiger partial charge is 0.479 e. The van der Waals surface area contributed by atoms with Gasteiger partial charge in [0.15, 0.2) is 6.10 Å². The fraction of sp³-hybridized carbons (Fsp3) is 0.444. The number of hydrogen-bond acceptors (Lipinski definition) is 5. The van der Waals surface area contributed by atoms with Crippen LogP contribution in [0.25, 0.3) is 11.1 Å². The molecule has 0 radical (unpaired) electrons. The molecule has 1 saturated heterocycles. The Morgan fingerprint density at radius 3 is 2.37 bits per heavy atom. The van der Waals surface area contributed by atoms with Crippen LogP contribution in [0.5, 0.6) is 0 Å². The zero-order valence-corrected chi connectivity index (χ0v) is 19.9. The number of alkyl carbamates (subject to hydrolysis) is 1. The third-order valence-electron chi connectivity index (χ3n) is 6.80. The smallest absolute Gasteiger partial charge is 0.407 e. The van der Waals surface area contributed by atoms with E-state index in [0.29, 0.717) is 39.0 Å². The van der Waals surface area contributed by atoms with Gasteiger partial charge in [0.2, 0.25) is 5.91 Å². The first-order valence-corrected chi connectivity index (χ1v) is 12.1. The third kappa shape index (κ3) is 6.00. The Bertz CT molecular complexity index is 1030. The van der Waals surface area contributed by atoms with Crippen molar-refractivity contribution in [2.24, 2.45) is 11.8 Å². The molecule has 2 aliphatic rings. The van der Waals surface area contributed by atoms with E-state index in [2.05, 4.69) is 34.9 Å². The Kier molecular flexibility index (Phi) is 8.02. The van der Waals surface area contributed by atoms with Gasteiger partial charge in [0.1, 0.15) is 6.61 Å². The van der Waals surface area contributed by atoms with E-state index in [0.717, 1.165) is 0 Å². The number of nitrogens with one attached hydrogen (secondary N) is 2. The van der Waals surface area contributed by atoms with Gasteiger partial charge in [-0.3, -0.25) is 4.79 Å². The lowest BCUT2D eigenvalue weighted by Crippen LogP contribution is -2.37. The van der Waals surface area contributed by atoms with Crippen LogP contribution in [0.1, 0.15) is 43.2 Å². The van der Waals surface area contributed by atoms with E-state index in [1.165, 1.54) is 22.3 Å². The lowest BCUT2D eigenvalue weighted by molar-refractivity contribution is -0.149. The number of carboxylic acid groups (broad SMARTS) is 1. The van der Waals surface area contributed by atoms with E-state index in [1.807, 2.05) is 31.2 Å². The second-order valence-electron chi connectivity index (χ2n) is 9.33. The van der Waals surface area contributed by atoms with Crippen molar-refractivity contribution in [3.8, 4) is 11.1 Å². The summed E-state index contributed by atoms with van der Waals surface area (Å²) in [7, 11) is 0. The van der Waals surface area contributed by atoms with Crippen LogP contribution >= 0.6 is 0 Å². The monoisotopic (exact) mass is 480 g/mol. The number of rotatable bonds is 10. The number of hydrogen-bond donors (Lipinski definition) is 3. The number of amides is 2. The summed E-state index contributed by atoms with van der Waals surface area (Å²) in [5.41, 5.74) is 4.70. The molecule has 8 heteroatoms. The first-order valence-electron chi connectivity index (χ1n) is 12.1. The molecular formula is C27H32N2O6. The van der Waals surface area contributed by atoms with Gasteiger partial charge >= 0.3 is 12.1 Å². The van der Waals surface area contributed by atoms with Crippen molar-refractivity contribution >= 4 is 18.0 Å². The molecule has 0 spiro atoms. The topological polar surface area (TPSA) is 114 Å². The lowest BCUT2D eigenvalue weighted by Gasteiger charge is -2.17. The van der Waals surface area contributed by atoms with Crippen LogP contribution in [0, 0.1) is 11.8 Å². The highest BCUT2D eigenvalue weighted by Gasteiger charge is 2.34. The maximum atomic E-state index is 12.3. The van der Waals surface area contributed by atoms with E-state index in [9.17, 15) is 14.4 Å². The molecule has 4 rings (SSSR count). The highest BCUT2D eigenvalue weighted by atomic mass is 16.5. The Hall–Kier alpha value is -3.39. The Morgan fingerprint density at radius 2 is 1.71 bits per heavy atom. The summed E-state index contributed by atoms with van der Waals surface area (Å²) in [6.45, 7) is 3.30. The molecule has 0 aromatic heterocycles. The van der Waals surface area contributed by atoms with Crippen LogP contribution in [-0.2, 0) is 19.1 Å². The van der Waals surface area contributed by atoms with Crippen LogP contribution in [0.4, 0.5) is 4.79 Å². The van der Waals surface area contributed by atoms with Crippen molar-refractivity contribution in [3.63, 3.8) is 0 Å². The summed E-state index contributed by atoms with van der Waals surface area (Å²) in [5.74, 6) is -1.26. The number of carbonyl (C=O) groups excluding carboxylic acids is 2. The van der Waals surface area contributed by atoms with Gasteiger partial charge in [0, 0.05) is 38.0 Å². The minimum atomic E-state index is -0.991. The summed E-state index contributed by atoms with van der Waals surface area (Å²) in [6.07, 6.45) is 0.231. The molecule has 35 heavy (non-hydrogen) atoms. The molecule has 2 amide bonds. The molecule has 0 bridgehead atoms. The Labute approximate surface area is 205 Å². The number of ether oxygens (including phenoxy) is 2. The molecule has 2 aromatic carbocycles. The maximum absolute atomic E-state index is 12.3. The van der Waals surface area contributed by atoms with Crippen LogP contribution in [0.15, 0.2) is 48.5 Å². The predicted octanol–water partition coefficient (Wildman–Crippen LogP) is 3.55. The molecule has 1 aliphatic carbocycles. The highest BCUT2D eigenvalue weighted by molar-refractivity contribution is 5.79. The molecule has 1 heterocycles. The standard InChI is InChI=1S/C27H32N2O6/c1-17(14-24(30)29-15-18-11-13-34-25(18)26(31)32)10-12-28-27(33)35-16-23-21-8-4-2-6-19(21)20-7-3-5-9-22(20)23/h2-9,17-18,23,25H,10-16H2,1H3,(H,28,33)(H,29,30)(H,31,32). The van der Waals surface area contributed by atoms with Gasteiger partial charge in [0.05, 0.1) is 0 Å². The summed E-state index contributed by atoms with van der Waals surface area (Å²) in [6, 6.07) is 16.4. The molecule has 2 aromatic rings. The normalized spacial score (nSPS) is 19.5. The Morgan fingerprint density at radius 1 is 1.06 bits per heavy atom. The van der Waals surface area contributed by atoms with Gasteiger partial charge in [-0.1, -0.05) is 55.5 Å². The predicted molar refractivity (Wildman–Crippen MR) is 130 cm³/mol. The lowest BCUT2D eigenvalue weighted by atomic mass is 9.98. The van der Waals surface area contributed by atoms with Crippen molar-refractivity contribution < 1.29 is 29.0 Å². The average Bonchev–Trinajstić information content (AvgIpc) is 3.44. The molecule has 8 nitrogen and oxygen atoms in total. The zero-order valence-electron chi connectivity index (χ0n) is 19.9. The fourth-order valence-electron chi connectivity index (χ4n) is 4.92. The zero-order chi connectivity index (χ0) is 24.8. The van der Waals surface area contributed by atoms with Crippen LogP contribution in [-0.4, -0.2) is 55.5 Å². The third-order valence-corrected chi connectivity index (χ3v) is 6.80. The van der Waals surface area contributed by atoms with Crippen LogP contribution in [0.2, 0.25) is 0 Å². The SMILES string of the molecule is CC(CCNC(=O)OCC1c2ccccc2-c2ccccc21)CC(=O)NCC1CCOC1C(=O)O. The van der Waals surface area contributed by atoms with E-state index in [1.54, 1.807) is 0 Å². The number of fused-ring (bicyclic) bond motifs is 3. The maximum Gasteiger partial charge on any atom is 0.407 e. The molecule has 3 unspecified atom stereocenters. The van der Waals surface area contributed by atoms with Gasteiger partial charge < -0.3 is 25.2 Å². The number of benzene rings is 2. The first kappa shape index (κ1) is 24.7. The van der Waals surface area contributed by atoms with Crippen LogP contribution in [0.3, 0.4) is 0 Å². The summed E-state index contributed by atoms with van der Waals surface area (Å²) in [5, 5.41) is 14.7. The van der Waals surface area contributed by atoms with Gasteiger partial charge in [-0.2, -0.15) is 0 Å². The van der Waals surface area contributed by atoms with E-state index in [4.69, 9.17) is 14.6 Å². The van der Waals surface area contributed by atoms with Crippen LogP contribution < -0.4 is 10.6 Å². The van der Waals surface area contributed by atoms with Crippen molar-refractivity contribution in [2.45, 2.75) is 38.2 Å². The fourth-order valence-corrected chi connectivity index (χ4v) is 4.92. The first-order chi connectivity index (χ1) is 16.9. The quantitative estimate of drug-likeness (QED) is 0.479. The minimum absolute atomic E-state index is 0.0155. The van der Waals surface area contributed by atoms with Crippen molar-refractivity contribution in [1.82, 2.24) is 10.6 Å².